The van der Waals surface area contributed by atoms with Crippen LogP contribution in [0.15, 0.2) is 140 Å². The van der Waals surface area contributed by atoms with Gasteiger partial charge in [-0.3, -0.25) is 0 Å². The van der Waals surface area contributed by atoms with E-state index in [2.05, 4.69) is 144 Å². The molecule has 6 aromatic rings. The molecule has 0 bridgehead atoms. The summed E-state index contributed by atoms with van der Waals surface area (Å²) in [6.07, 6.45) is 17.3. The van der Waals surface area contributed by atoms with E-state index in [0.717, 1.165) is 29.7 Å². The molecule has 0 aliphatic heterocycles. The number of benzene rings is 4. The first-order chi connectivity index (χ1) is 19.3. The van der Waals surface area contributed by atoms with Gasteiger partial charge in [0.15, 0.2) is 0 Å². The Morgan fingerprint density at radius 2 is 1.31 bits per heavy atom. The molecule has 0 atom stereocenters. The summed E-state index contributed by atoms with van der Waals surface area (Å²) in [5.41, 5.74) is 10.7. The zero-order valence-corrected chi connectivity index (χ0v) is 21.7. The van der Waals surface area contributed by atoms with E-state index in [0.29, 0.717) is 0 Å². The Morgan fingerprint density at radius 1 is 0.564 bits per heavy atom. The minimum absolute atomic E-state index is 0.882. The van der Waals surface area contributed by atoms with Crippen molar-refractivity contribution in [3.8, 4) is 22.4 Å². The van der Waals surface area contributed by atoms with Gasteiger partial charge in [-0.1, -0.05) is 121 Å². The summed E-state index contributed by atoms with van der Waals surface area (Å²) in [4.78, 5) is 4.90. The van der Waals surface area contributed by atoms with Gasteiger partial charge in [0, 0.05) is 18.0 Å². The smallest absolute Gasteiger partial charge is 0.137 e. The van der Waals surface area contributed by atoms with Crippen molar-refractivity contribution in [2.24, 2.45) is 0 Å². The maximum atomic E-state index is 4.90. The number of aromatic nitrogens is 2. The van der Waals surface area contributed by atoms with Gasteiger partial charge in [-0.2, -0.15) is 0 Å². The summed E-state index contributed by atoms with van der Waals surface area (Å²) in [6.45, 7) is 0. The van der Waals surface area contributed by atoms with Crippen molar-refractivity contribution in [2.75, 3.05) is 0 Å². The third kappa shape index (κ3) is 4.62. The van der Waals surface area contributed by atoms with Gasteiger partial charge in [-0.25, -0.2) is 4.98 Å². The molecule has 0 spiro atoms. The molecule has 7 rings (SSSR count). The summed E-state index contributed by atoms with van der Waals surface area (Å²) in [5.74, 6) is 0. The van der Waals surface area contributed by atoms with Crippen LogP contribution in [0.4, 0.5) is 0 Å². The molecule has 0 N–H and O–H groups in total. The molecule has 186 valence electrons. The molecule has 2 heteroatoms. The fraction of sp³-hybridized carbons (Fsp3) is 0.0541. The molecule has 0 amide bonds. The quantitative estimate of drug-likeness (QED) is 0.237. The molecule has 0 fully saturated rings. The number of pyridine rings is 1. The molecular weight excluding hydrogens is 472 g/mol. The average Bonchev–Trinajstić information content (AvgIpc) is 3.43. The molecule has 0 saturated carbocycles. The first kappa shape index (κ1) is 23.2. The van der Waals surface area contributed by atoms with Gasteiger partial charge in [0.2, 0.25) is 0 Å². The normalized spacial score (nSPS) is 14.7. The fourth-order valence-electron chi connectivity index (χ4n) is 5.49. The lowest BCUT2D eigenvalue weighted by atomic mass is 9.92. The summed E-state index contributed by atoms with van der Waals surface area (Å²) in [7, 11) is 0. The monoisotopic (exact) mass is 500 g/mol. The summed E-state index contributed by atoms with van der Waals surface area (Å²) in [6, 6.07) is 36.7. The third-order valence-corrected chi connectivity index (χ3v) is 7.56. The van der Waals surface area contributed by atoms with E-state index in [9.17, 15) is 0 Å². The Labute approximate surface area is 228 Å². The molecule has 39 heavy (non-hydrogen) atoms. The second-order valence-corrected chi connectivity index (χ2v) is 10.0. The Bertz CT molecular complexity index is 1880. The van der Waals surface area contributed by atoms with Gasteiger partial charge in [0.25, 0.3) is 0 Å². The third-order valence-electron chi connectivity index (χ3n) is 7.56. The van der Waals surface area contributed by atoms with Gasteiger partial charge in [0.1, 0.15) is 5.65 Å². The van der Waals surface area contributed by atoms with Gasteiger partial charge in [-0.05, 0) is 69.1 Å². The number of allylic oxidation sites excluding steroid dienone is 5. The van der Waals surface area contributed by atoms with Crippen molar-refractivity contribution in [1.82, 2.24) is 9.38 Å². The van der Waals surface area contributed by atoms with Gasteiger partial charge < -0.3 is 4.40 Å². The highest BCUT2D eigenvalue weighted by atomic mass is 15.0. The van der Waals surface area contributed by atoms with Gasteiger partial charge in [0.05, 0.1) is 5.69 Å². The van der Waals surface area contributed by atoms with Crippen LogP contribution in [-0.2, 0) is 6.42 Å². The van der Waals surface area contributed by atoms with Crippen molar-refractivity contribution >= 4 is 28.1 Å². The molecule has 2 heterocycles. The summed E-state index contributed by atoms with van der Waals surface area (Å²) < 4.78 is 2.12. The van der Waals surface area contributed by atoms with Crippen molar-refractivity contribution in [2.45, 2.75) is 12.8 Å². The van der Waals surface area contributed by atoms with Crippen molar-refractivity contribution < 1.29 is 0 Å². The van der Waals surface area contributed by atoms with Gasteiger partial charge in [-0.15, -0.1) is 0 Å². The van der Waals surface area contributed by atoms with E-state index in [4.69, 9.17) is 4.98 Å². The molecule has 0 unspecified atom stereocenters. The van der Waals surface area contributed by atoms with Crippen LogP contribution in [0, 0.1) is 0 Å². The number of nitrogens with zero attached hydrogens (tertiary/aromatic N) is 2. The van der Waals surface area contributed by atoms with Crippen LogP contribution in [0.5, 0.6) is 0 Å². The molecule has 0 radical (unpaired) electrons. The maximum Gasteiger partial charge on any atom is 0.137 e. The second-order valence-electron chi connectivity index (χ2n) is 10.0. The topological polar surface area (TPSA) is 17.3 Å². The fourth-order valence-corrected chi connectivity index (χ4v) is 5.49. The molecule has 0 saturated heterocycles. The van der Waals surface area contributed by atoms with Crippen LogP contribution in [0.2, 0.25) is 0 Å². The predicted molar refractivity (Wildman–Crippen MR) is 164 cm³/mol. The maximum absolute atomic E-state index is 4.90. The Hall–Kier alpha value is -4.95. The predicted octanol–water partition coefficient (Wildman–Crippen LogP) is 9.42. The molecular formula is C37H28N2. The van der Waals surface area contributed by atoms with E-state index in [1.54, 1.807) is 0 Å². The number of rotatable bonds is 3. The minimum atomic E-state index is 0.882. The molecule has 2 aromatic heterocycles. The number of imidazole rings is 1. The van der Waals surface area contributed by atoms with Crippen LogP contribution in [0.3, 0.4) is 0 Å². The van der Waals surface area contributed by atoms with Crippen molar-refractivity contribution in [3.63, 3.8) is 0 Å². The lowest BCUT2D eigenvalue weighted by molar-refractivity contribution is 1.19. The van der Waals surface area contributed by atoms with Gasteiger partial charge >= 0.3 is 0 Å². The molecule has 2 nitrogen and oxygen atoms in total. The highest BCUT2D eigenvalue weighted by molar-refractivity contribution is 5.92. The Balaban J connectivity index is 1.23. The summed E-state index contributed by atoms with van der Waals surface area (Å²) >= 11 is 0. The zero-order chi connectivity index (χ0) is 26.0. The first-order valence-electron chi connectivity index (χ1n) is 13.5. The van der Waals surface area contributed by atoms with E-state index in [1.807, 2.05) is 6.07 Å². The largest absolute Gasteiger partial charge is 0.306 e. The van der Waals surface area contributed by atoms with Crippen molar-refractivity contribution in [3.05, 3.63) is 157 Å². The lowest BCUT2D eigenvalue weighted by Crippen LogP contribution is -1.93. The summed E-state index contributed by atoms with van der Waals surface area (Å²) in [5, 5.41) is 2.62. The van der Waals surface area contributed by atoms with Crippen LogP contribution < -0.4 is 0 Å². The SMILES string of the molecule is C1=CC/C(c2ccc(-c3cn4cc(-c5ccccc5)ccc4n3)cc2)=C\c2ccc3ccccc3c2CC=C1. The second kappa shape index (κ2) is 10.1. The molecule has 1 aliphatic carbocycles. The van der Waals surface area contributed by atoms with E-state index in [-0.39, 0.29) is 0 Å². The Morgan fingerprint density at radius 3 is 2.18 bits per heavy atom. The van der Waals surface area contributed by atoms with Crippen LogP contribution in [0.1, 0.15) is 23.1 Å². The standard InChI is InChI=1S/C37H28N2/c1-2-7-14-35-32(21-18-29-12-8-9-15-34(29)35)24-31(13-4-1)28-16-19-30(20-17-28)36-26-39-25-33(22-23-37(39)38-36)27-10-5-3-6-11-27/h1-12,15-26H,13-14H2/b4-1?,7-2?,31-24+. The zero-order valence-electron chi connectivity index (χ0n) is 21.7. The van der Waals surface area contributed by atoms with E-state index in [1.165, 1.54) is 44.2 Å². The first-order valence-corrected chi connectivity index (χ1v) is 13.5. The minimum Gasteiger partial charge on any atom is -0.306 e. The lowest BCUT2D eigenvalue weighted by Gasteiger charge is -2.13. The van der Waals surface area contributed by atoms with Crippen LogP contribution in [-0.4, -0.2) is 9.38 Å². The molecule has 1 aliphatic rings. The van der Waals surface area contributed by atoms with Crippen LogP contribution in [0.25, 0.3) is 50.5 Å². The molecule has 4 aromatic carbocycles. The number of hydrogen-bond donors (Lipinski definition) is 0. The van der Waals surface area contributed by atoms with Crippen molar-refractivity contribution in [1.29, 1.82) is 0 Å². The highest BCUT2D eigenvalue weighted by Crippen LogP contribution is 2.31. The van der Waals surface area contributed by atoms with Crippen LogP contribution >= 0.6 is 0 Å². The highest BCUT2D eigenvalue weighted by Gasteiger charge is 2.10. The number of hydrogen-bond acceptors (Lipinski definition) is 1. The Kier molecular flexibility index (Phi) is 5.99. The van der Waals surface area contributed by atoms with E-state index >= 15 is 0 Å². The van der Waals surface area contributed by atoms with E-state index < -0.39 is 0 Å². The number of fused-ring (bicyclic) bond motifs is 4. The average molecular weight is 501 g/mol.